The van der Waals surface area contributed by atoms with Gasteiger partial charge in [0.05, 0.1) is 23.0 Å². The second-order valence-electron chi connectivity index (χ2n) is 6.20. The van der Waals surface area contributed by atoms with Gasteiger partial charge in [-0.1, -0.05) is 18.2 Å². The first-order valence-corrected chi connectivity index (χ1v) is 8.72. The average Bonchev–Trinajstić information content (AvgIpc) is 3.21. The highest BCUT2D eigenvalue weighted by molar-refractivity contribution is 6.08. The maximum absolute atomic E-state index is 13.4. The summed E-state index contributed by atoms with van der Waals surface area (Å²) < 4.78 is 40.1. The molecule has 0 saturated carbocycles. The predicted octanol–water partition coefficient (Wildman–Crippen LogP) is 4.07. The van der Waals surface area contributed by atoms with Crippen LogP contribution in [0.1, 0.15) is 0 Å². The Bertz CT molecular complexity index is 1110. The highest BCUT2D eigenvalue weighted by atomic mass is 19.4. The summed E-state index contributed by atoms with van der Waals surface area (Å²) in [5.74, 6) is -0.399. The van der Waals surface area contributed by atoms with Gasteiger partial charge < -0.3 is 0 Å². The Morgan fingerprint density at radius 2 is 1.70 bits per heavy atom. The number of fused-ring (bicyclic) bond motifs is 1. The van der Waals surface area contributed by atoms with Crippen molar-refractivity contribution in [3.8, 4) is 0 Å². The van der Waals surface area contributed by atoms with Crippen molar-refractivity contribution in [1.82, 2.24) is 25.1 Å². The highest BCUT2D eigenvalue weighted by Gasteiger charge is 2.38. The number of urea groups is 1. The lowest BCUT2D eigenvalue weighted by atomic mass is 10.2. The number of aromatic nitrogens is 5. The van der Waals surface area contributed by atoms with Gasteiger partial charge in [0.25, 0.3) is 0 Å². The molecular formula is C19H14F3N7O. The number of pyridine rings is 1. The zero-order chi connectivity index (χ0) is 21.1. The van der Waals surface area contributed by atoms with E-state index < -0.39 is 24.7 Å². The minimum Gasteiger partial charge on any atom is -0.265 e. The van der Waals surface area contributed by atoms with Crippen LogP contribution in [0.3, 0.4) is 0 Å². The third kappa shape index (κ3) is 4.04. The van der Waals surface area contributed by atoms with Crippen molar-refractivity contribution in [3.63, 3.8) is 0 Å². The van der Waals surface area contributed by atoms with Gasteiger partial charge in [0.15, 0.2) is 5.65 Å². The average molecular weight is 413 g/mol. The molecule has 0 bridgehead atoms. The third-order valence-electron chi connectivity index (χ3n) is 4.11. The number of carbonyl (C=O) groups is 1. The lowest BCUT2D eigenvalue weighted by Crippen LogP contribution is -2.46. The van der Waals surface area contributed by atoms with Crippen LogP contribution in [0.25, 0.3) is 11.0 Å². The first kappa shape index (κ1) is 19.3. The topological polar surface area (TPSA) is 90.9 Å². The quantitative estimate of drug-likeness (QED) is 0.545. The molecule has 4 rings (SSSR count). The number of halogens is 3. The number of alkyl halides is 3. The number of nitrogens with zero attached hydrogens (tertiary/aromatic N) is 6. The van der Waals surface area contributed by atoms with Crippen LogP contribution in [0, 0.1) is 0 Å². The van der Waals surface area contributed by atoms with Gasteiger partial charge in [-0.15, -0.1) is 0 Å². The fourth-order valence-electron chi connectivity index (χ4n) is 2.82. The van der Waals surface area contributed by atoms with Crippen molar-refractivity contribution in [2.24, 2.45) is 0 Å². The largest absolute Gasteiger partial charge is 0.406 e. The lowest BCUT2D eigenvalue weighted by molar-refractivity contribution is -0.118. The smallest absolute Gasteiger partial charge is 0.265 e. The standard InChI is InChI=1S/C19H14F3N7O/c20-19(21,22)12-28(17-24-10-13-11-25-27-16(13)26-17)18(30)29(14-4-2-1-3-5-14)15-6-8-23-9-7-15/h1-11H,12H2,(H,24,25,26,27). The summed E-state index contributed by atoms with van der Waals surface area (Å²) in [7, 11) is 0. The van der Waals surface area contributed by atoms with E-state index in [2.05, 4.69) is 25.1 Å². The van der Waals surface area contributed by atoms with Crippen molar-refractivity contribution >= 4 is 34.4 Å². The molecule has 0 aliphatic heterocycles. The Labute approximate surface area is 168 Å². The zero-order valence-electron chi connectivity index (χ0n) is 15.3. The van der Waals surface area contributed by atoms with E-state index in [4.69, 9.17) is 0 Å². The molecule has 1 aromatic carbocycles. The van der Waals surface area contributed by atoms with Gasteiger partial charge in [0.2, 0.25) is 5.95 Å². The molecule has 0 atom stereocenters. The normalized spacial score (nSPS) is 11.4. The van der Waals surface area contributed by atoms with Gasteiger partial charge in [-0.25, -0.2) is 9.78 Å². The minimum absolute atomic E-state index is 0.218. The number of rotatable bonds is 4. The summed E-state index contributed by atoms with van der Waals surface area (Å²) >= 11 is 0. The second-order valence-corrected chi connectivity index (χ2v) is 6.20. The van der Waals surface area contributed by atoms with Gasteiger partial charge in [0, 0.05) is 18.6 Å². The Hall–Kier alpha value is -4.02. The number of para-hydroxylation sites is 1. The van der Waals surface area contributed by atoms with Crippen LogP contribution >= 0.6 is 0 Å². The Morgan fingerprint density at radius 3 is 2.40 bits per heavy atom. The van der Waals surface area contributed by atoms with Gasteiger partial charge in [-0.2, -0.15) is 23.3 Å². The first-order valence-electron chi connectivity index (χ1n) is 8.72. The summed E-state index contributed by atoms with van der Waals surface area (Å²) in [6.45, 7) is -1.57. The van der Waals surface area contributed by atoms with Crippen LogP contribution in [-0.2, 0) is 0 Å². The fourth-order valence-corrected chi connectivity index (χ4v) is 2.82. The van der Waals surface area contributed by atoms with Crippen molar-refractivity contribution in [3.05, 3.63) is 67.3 Å². The number of nitrogens with one attached hydrogen (secondary N) is 1. The van der Waals surface area contributed by atoms with Crippen molar-refractivity contribution in [1.29, 1.82) is 0 Å². The molecule has 1 N–H and O–H groups in total. The van der Waals surface area contributed by atoms with Crippen LogP contribution in [0.15, 0.2) is 67.3 Å². The summed E-state index contributed by atoms with van der Waals surface area (Å²) in [5, 5.41) is 6.85. The first-order chi connectivity index (χ1) is 14.4. The molecule has 3 aromatic heterocycles. The van der Waals surface area contributed by atoms with E-state index in [-0.39, 0.29) is 5.65 Å². The fraction of sp³-hybridized carbons (Fsp3) is 0.105. The van der Waals surface area contributed by atoms with E-state index in [0.29, 0.717) is 21.7 Å². The molecule has 0 aliphatic rings. The van der Waals surface area contributed by atoms with Gasteiger partial charge in [-0.05, 0) is 24.3 Å². The molecule has 152 valence electrons. The highest BCUT2D eigenvalue weighted by Crippen LogP contribution is 2.29. The third-order valence-corrected chi connectivity index (χ3v) is 4.11. The molecule has 0 aliphatic carbocycles. The van der Waals surface area contributed by atoms with E-state index in [1.807, 2.05) is 0 Å². The maximum atomic E-state index is 13.4. The van der Waals surface area contributed by atoms with Crippen LogP contribution < -0.4 is 9.80 Å². The van der Waals surface area contributed by atoms with Gasteiger partial charge >= 0.3 is 12.2 Å². The minimum atomic E-state index is -4.68. The molecule has 0 spiro atoms. The van der Waals surface area contributed by atoms with Crippen LogP contribution in [0.2, 0.25) is 0 Å². The summed E-state index contributed by atoms with van der Waals surface area (Å²) in [5.41, 5.74) is 0.939. The number of H-pyrrole nitrogens is 1. The molecule has 3 heterocycles. The number of amides is 2. The molecule has 2 amide bonds. The van der Waals surface area contributed by atoms with Gasteiger partial charge in [-0.3, -0.25) is 19.9 Å². The molecular weight excluding hydrogens is 399 g/mol. The number of benzene rings is 1. The van der Waals surface area contributed by atoms with E-state index in [1.54, 1.807) is 30.3 Å². The van der Waals surface area contributed by atoms with Crippen molar-refractivity contribution in [2.45, 2.75) is 6.18 Å². The monoisotopic (exact) mass is 413 g/mol. The zero-order valence-corrected chi connectivity index (χ0v) is 15.3. The molecule has 11 heteroatoms. The summed E-state index contributed by atoms with van der Waals surface area (Å²) in [4.78, 5) is 27.0. The second kappa shape index (κ2) is 7.78. The Kier molecular flexibility index (Phi) is 5.00. The molecule has 30 heavy (non-hydrogen) atoms. The molecule has 0 saturated heterocycles. The maximum Gasteiger partial charge on any atom is 0.406 e. The predicted molar refractivity (Wildman–Crippen MR) is 103 cm³/mol. The van der Waals surface area contributed by atoms with Crippen molar-refractivity contribution in [2.75, 3.05) is 16.3 Å². The van der Waals surface area contributed by atoms with E-state index in [9.17, 15) is 18.0 Å². The number of anilines is 3. The number of carbonyl (C=O) groups excluding carboxylic acids is 1. The van der Waals surface area contributed by atoms with E-state index in [0.717, 1.165) is 4.90 Å². The summed E-state index contributed by atoms with van der Waals surface area (Å²) in [6.07, 6.45) is 0.946. The van der Waals surface area contributed by atoms with E-state index in [1.165, 1.54) is 36.9 Å². The number of aromatic amines is 1. The van der Waals surface area contributed by atoms with Gasteiger partial charge in [0.1, 0.15) is 6.54 Å². The lowest BCUT2D eigenvalue weighted by Gasteiger charge is -2.30. The van der Waals surface area contributed by atoms with E-state index >= 15 is 0 Å². The number of hydrogen-bond donors (Lipinski definition) is 1. The molecule has 8 nitrogen and oxygen atoms in total. The van der Waals surface area contributed by atoms with Crippen LogP contribution in [-0.4, -0.2) is 43.9 Å². The molecule has 0 unspecified atom stereocenters. The molecule has 0 fully saturated rings. The summed E-state index contributed by atoms with van der Waals surface area (Å²) in [6, 6.07) is 10.4. The molecule has 0 radical (unpaired) electrons. The van der Waals surface area contributed by atoms with Crippen molar-refractivity contribution < 1.29 is 18.0 Å². The molecule has 4 aromatic rings. The Morgan fingerprint density at radius 1 is 1.00 bits per heavy atom. The SMILES string of the molecule is O=C(N(CC(F)(F)F)c1ncc2cn[nH]c2n1)N(c1ccccc1)c1ccncc1. The van der Waals surface area contributed by atoms with Crippen LogP contribution in [0.5, 0.6) is 0 Å². The van der Waals surface area contributed by atoms with Crippen LogP contribution in [0.4, 0.5) is 35.3 Å². The Balaban J connectivity index is 1.81. The number of hydrogen-bond acceptors (Lipinski definition) is 5.